The summed E-state index contributed by atoms with van der Waals surface area (Å²) in [5.74, 6) is 0.724. The van der Waals surface area contributed by atoms with E-state index in [0.29, 0.717) is 25.3 Å². The Labute approximate surface area is 179 Å². The minimum Gasteiger partial charge on any atom is -0.491 e. The van der Waals surface area contributed by atoms with Gasteiger partial charge in [-0.1, -0.05) is 36.4 Å². The van der Waals surface area contributed by atoms with Gasteiger partial charge in [0.15, 0.2) is 0 Å². The number of nitrogens with one attached hydrogen (secondary N) is 1. The molecule has 0 amide bonds. The number of anilines is 1. The van der Waals surface area contributed by atoms with Gasteiger partial charge in [-0.15, -0.1) is 0 Å². The maximum Gasteiger partial charge on any atom is 0.416 e. The number of ether oxygens (including phenoxy) is 1. The lowest BCUT2D eigenvalue weighted by molar-refractivity contribution is -0.903. The smallest absolute Gasteiger partial charge is 0.416 e. The lowest BCUT2D eigenvalue weighted by Crippen LogP contribution is -3.16. The van der Waals surface area contributed by atoms with Crippen LogP contribution < -0.4 is 14.5 Å². The molecule has 1 fully saturated rings. The normalized spacial score (nSPS) is 16.5. The van der Waals surface area contributed by atoms with Gasteiger partial charge >= 0.3 is 6.18 Å². The molecule has 31 heavy (non-hydrogen) atoms. The second-order valence-electron chi connectivity index (χ2n) is 7.96. The first-order valence-corrected chi connectivity index (χ1v) is 10.4. The number of aliphatic hydroxyl groups is 1. The average Bonchev–Trinajstić information content (AvgIpc) is 2.77. The first-order valence-electron chi connectivity index (χ1n) is 10.4. The third-order valence-electron chi connectivity index (χ3n) is 5.70. The summed E-state index contributed by atoms with van der Waals surface area (Å²) in [4.78, 5) is 3.19. The van der Waals surface area contributed by atoms with Gasteiger partial charge in [0.05, 0.1) is 31.7 Å². The molecule has 0 saturated carbocycles. The number of quaternary nitrogens is 1. The number of hydrogen-bond donors (Lipinski definition) is 2. The van der Waals surface area contributed by atoms with E-state index in [9.17, 15) is 18.3 Å². The quantitative estimate of drug-likeness (QED) is 0.630. The number of piperazine rings is 1. The molecule has 0 unspecified atom stereocenters. The summed E-state index contributed by atoms with van der Waals surface area (Å²) in [7, 11) is 0. The Kier molecular flexibility index (Phi) is 6.34. The lowest BCUT2D eigenvalue weighted by atomic mass is 10.1. The predicted molar refractivity (Wildman–Crippen MR) is 115 cm³/mol. The first-order chi connectivity index (χ1) is 14.9. The summed E-state index contributed by atoms with van der Waals surface area (Å²) in [5.41, 5.74) is -0.0323. The fourth-order valence-corrected chi connectivity index (χ4v) is 4.01. The first kappa shape index (κ1) is 21.5. The number of hydrogen-bond acceptors (Lipinski definition) is 3. The van der Waals surface area contributed by atoms with E-state index in [-0.39, 0.29) is 6.61 Å². The second kappa shape index (κ2) is 9.16. The molecule has 1 heterocycles. The largest absolute Gasteiger partial charge is 0.491 e. The highest BCUT2D eigenvalue weighted by atomic mass is 19.4. The van der Waals surface area contributed by atoms with E-state index in [0.717, 1.165) is 35.7 Å². The van der Waals surface area contributed by atoms with Crippen LogP contribution in [0.2, 0.25) is 0 Å². The molecule has 3 aromatic rings. The van der Waals surface area contributed by atoms with Crippen molar-refractivity contribution in [3.63, 3.8) is 0 Å². The molecule has 7 heteroatoms. The lowest BCUT2D eigenvalue weighted by Gasteiger charge is -2.34. The van der Waals surface area contributed by atoms with Crippen molar-refractivity contribution < 1.29 is 27.9 Å². The zero-order chi connectivity index (χ0) is 21.8. The van der Waals surface area contributed by atoms with Crippen LogP contribution >= 0.6 is 0 Å². The van der Waals surface area contributed by atoms with Crippen LogP contribution in [0, 0.1) is 0 Å². The summed E-state index contributed by atoms with van der Waals surface area (Å²) in [5, 5.41) is 12.6. The Morgan fingerprint density at radius 3 is 2.42 bits per heavy atom. The van der Waals surface area contributed by atoms with Crippen LogP contribution in [0.1, 0.15) is 5.56 Å². The van der Waals surface area contributed by atoms with Gasteiger partial charge in [0.1, 0.15) is 25.0 Å². The topological polar surface area (TPSA) is 37.1 Å². The van der Waals surface area contributed by atoms with E-state index < -0.39 is 17.8 Å². The van der Waals surface area contributed by atoms with E-state index in [1.165, 1.54) is 17.0 Å². The van der Waals surface area contributed by atoms with Crippen molar-refractivity contribution in [1.29, 1.82) is 0 Å². The Morgan fingerprint density at radius 2 is 1.68 bits per heavy atom. The molecule has 0 bridgehead atoms. The van der Waals surface area contributed by atoms with Crippen molar-refractivity contribution in [3.8, 4) is 5.75 Å². The fourth-order valence-electron chi connectivity index (χ4n) is 4.01. The number of rotatable bonds is 6. The number of halogens is 3. The van der Waals surface area contributed by atoms with Crippen molar-refractivity contribution in [1.82, 2.24) is 0 Å². The van der Waals surface area contributed by atoms with Gasteiger partial charge in [-0.2, -0.15) is 13.2 Å². The van der Waals surface area contributed by atoms with Gasteiger partial charge in [0.2, 0.25) is 0 Å². The molecular formula is C24H26F3N2O2+. The summed E-state index contributed by atoms with van der Waals surface area (Å²) in [6.45, 7) is 3.56. The third kappa shape index (κ3) is 5.48. The summed E-state index contributed by atoms with van der Waals surface area (Å²) in [6.07, 6.45) is -4.94. The molecule has 0 spiro atoms. The van der Waals surface area contributed by atoms with Crippen LogP contribution in [0.5, 0.6) is 5.75 Å². The Hall–Kier alpha value is -2.77. The van der Waals surface area contributed by atoms with E-state index in [1.807, 2.05) is 47.4 Å². The average molecular weight is 431 g/mol. The molecule has 1 aliphatic rings. The van der Waals surface area contributed by atoms with Crippen LogP contribution in [0.25, 0.3) is 10.8 Å². The molecule has 0 aliphatic carbocycles. The molecule has 0 aromatic heterocycles. The molecule has 2 N–H and O–H groups in total. The number of alkyl halides is 3. The van der Waals surface area contributed by atoms with Gasteiger partial charge in [0, 0.05) is 5.69 Å². The monoisotopic (exact) mass is 431 g/mol. The van der Waals surface area contributed by atoms with Crippen LogP contribution in [-0.2, 0) is 6.18 Å². The Balaban J connectivity index is 1.25. The van der Waals surface area contributed by atoms with Crippen LogP contribution in [0.15, 0.2) is 66.7 Å². The highest BCUT2D eigenvalue weighted by molar-refractivity contribution is 5.83. The molecule has 4 nitrogen and oxygen atoms in total. The minimum absolute atomic E-state index is 0.208. The van der Waals surface area contributed by atoms with Crippen molar-refractivity contribution >= 4 is 16.5 Å². The van der Waals surface area contributed by atoms with E-state index >= 15 is 0 Å². The molecule has 3 aromatic carbocycles. The van der Waals surface area contributed by atoms with E-state index in [2.05, 4.69) is 0 Å². The van der Waals surface area contributed by atoms with Gasteiger partial charge in [0.25, 0.3) is 0 Å². The highest BCUT2D eigenvalue weighted by Gasteiger charge is 2.31. The van der Waals surface area contributed by atoms with Gasteiger partial charge < -0.3 is 19.6 Å². The van der Waals surface area contributed by atoms with Crippen LogP contribution in [0.3, 0.4) is 0 Å². The molecule has 1 aliphatic heterocycles. The molecule has 4 rings (SSSR count). The van der Waals surface area contributed by atoms with Crippen molar-refractivity contribution in [3.05, 3.63) is 72.3 Å². The molecule has 164 valence electrons. The fraction of sp³-hybridized carbons (Fsp3) is 0.333. The predicted octanol–water partition coefficient (Wildman–Crippen LogP) is 3.00. The van der Waals surface area contributed by atoms with Crippen molar-refractivity contribution in [2.24, 2.45) is 0 Å². The third-order valence-corrected chi connectivity index (χ3v) is 5.70. The zero-order valence-corrected chi connectivity index (χ0v) is 17.1. The summed E-state index contributed by atoms with van der Waals surface area (Å²) in [6, 6.07) is 19.3. The van der Waals surface area contributed by atoms with Crippen LogP contribution in [-0.4, -0.2) is 50.5 Å². The maximum absolute atomic E-state index is 13.0. The molecular weight excluding hydrogens is 405 g/mol. The number of nitrogens with zero attached hydrogens (tertiary/aromatic N) is 1. The second-order valence-corrected chi connectivity index (χ2v) is 7.96. The molecule has 1 saturated heterocycles. The van der Waals surface area contributed by atoms with Gasteiger partial charge in [-0.3, -0.25) is 0 Å². The Morgan fingerprint density at radius 1 is 0.935 bits per heavy atom. The standard InChI is InChI=1S/C24H25F3N2O2/c25-24(26,27)20-6-3-7-21(15-20)29-12-10-28(11-13-29)16-22(30)17-31-23-9-8-18-4-1-2-5-19(18)14-23/h1-9,14-15,22,30H,10-13,16-17H2/p+1/t22-/m1/s1. The molecule has 0 radical (unpaired) electrons. The number of benzene rings is 3. The molecule has 1 atom stereocenters. The van der Waals surface area contributed by atoms with Crippen molar-refractivity contribution in [2.75, 3.05) is 44.2 Å². The number of aliphatic hydroxyl groups excluding tert-OH is 1. The van der Waals surface area contributed by atoms with Crippen LogP contribution in [0.4, 0.5) is 18.9 Å². The Bertz CT molecular complexity index is 1020. The minimum atomic E-state index is -4.34. The van der Waals surface area contributed by atoms with Gasteiger partial charge in [-0.05, 0) is 41.1 Å². The van der Waals surface area contributed by atoms with Gasteiger partial charge in [-0.25, -0.2) is 0 Å². The SMILES string of the molecule is O[C@@H](COc1ccc2ccccc2c1)C[NH+]1CCN(c2cccc(C(F)(F)F)c2)CC1. The van der Waals surface area contributed by atoms with E-state index in [4.69, 9.17) is 4.74 Å². The summed E-state index contributed by atoms with van der Waals surface area (Å²) >= 11 is 0. The summed E-state index contributed by atoms with van der Waals surface area (Å²) < 4.78 is 44.6. The maximum atomic E-state index is 13.0. The number of fused-ring (bicyclic) bond motifs is 1. The highest BCUT2D eigenvalue weighted by Crippen LogP contribution is 2.31. The van der Waals surface area contributed by atoms with Crippen molar-refractivity contribution in [2.45, 2.75) is 12.3 Å². The zero-order valence-electron chi connectivity index (χ0n) is 17.1. The van der Waals surface area contributed by atoms with E-state index in [1.54, 1.807) is 6.07 Å².